The van der Waals surface area contributed by atoms with Crippen molar-refractivity contribution < 1.29 is 77.7 Å². The van der Waals surface area contributed by atoms with Crippen LogP contribution < -0.4 is 16.4 Å². The first-order chi connectivity index (χ1) is 19.8. The zero-order valence-electron chi connectivity index (χ0n) is 23.1. The lowest BCUT2D eigenvalue weighted by Gasteiger charge is -2.48. The van der Waals surface area contributed by atoms with Crippen molar-refractivity contribution in [2.45, 2.75) is 87.7 Å². The van der Waals surface area contributed by atoms with Crippen LogP contribution in [0.4, 0.5) is 0 Å². The maximum Gasteiger partial charge on any atom is 0.472 e. The number of phosphoric ester groups is 1. The lowest BCUT2D eigenvalue weighted by molar-refractivity contribution is -0.333. The van der Waals surface area contributed by atoms with Gasteiger partial charge in [0.15, 0.2) is 12.6 Å². The second-order valence-electron chi connectivity index (χ2n) is 9.66. The molecule has 2 aliphatic rings. The molecule has 20 heteroatoms. The number of aliphatic hydroxyl groups excluding tert-OH is 6. The fourth-order valence-electron chi connectivity index (χ4n) is 4.28. The summed E-state index contributed by atoms with van der Waals surface area (Å²) >= 11 is 0. The Bertz CT molecular complexity index is 904. The minimum absolute atomic E-state index is 0.175. The summed E-state index contributed by atoms with van der Waals surface area (Å²) < 4.78 is 44.4. The van der Waals surface area contributed by atoms with Gasteiger partial charge >= 0.3 is 7.82 Å². The normalized spacial score (nSPS) is 35.7. The molecular weight excluding hydrogens is 593 g/mol. The molecule has 2 aliphatic heterocycles. The van der Waals surface area contributed by atoms with Gasteiger partial charge in [-0.05, 0) is 13.0 Å². The van der Waals surface area contributed by atoms with Crippen LogP contribution in [0, 0.1) is 0 Å². The molecule has 2 heterocycles. The standard InChI is InChI=1S/C22H42N3O16P/c1-10(29)24-15-19(33)17(31)13(7-27)39-21(15)41-20-16(25-11(2)30)22(40-14(8-28)18(20)32)38-12(6-26)9-37-42(34,35)36-5-3-4-23/h12-22,26-28,31-33H,3-9,23H2,1-2H3,(H,24,29)(H,25,30)(H,34,35)/t12-,13-,14-,15-,16-,17+,18+,19-,20-,21-,22-/m1/s1. The first-order valence-corrected chi connectivity index (χ1v) is 14.6. The van der Waals surface area contributed by atoms with E-state index in [9.17, 15) is 49.7 Å². The van der Waals surface area contributed by atoms with Crippen LogP contribution in [0.25, 0.3) is 0 Å². The van der Waals surface area contributed by atoms with E-state index < -0.39 is 113 Å². The Labute approximate surface area is 241 Å². The van der Waals surface area contributed by atoms with Gasteiger partial charge in [0.1, 0.15) is 54.8 Å². The molecule has 0 aromatic carbocycles. The first kappa shape index (κ1) is 36.8. The highest BCUT2D eigenvalue weighted by molar-refractivity contribution is 7.47. The summed E-state index contributed by atoms with van der Waals surface area (Å²) in [5.74, 6) is -1.32. The number of carbonyl (C=O) groups is 2. The van der Waals surface area contributed by atoms with Crippen molar-refractivity contribution in [3.8, 4) is 0 Å². The molecule has 2 rings (SSSR count). The molecule has 19 nitrogen and oxygen atoms in total. The van der Waals surface area contributed by atoms with Crippen LogP contribution in [0.1, 0.15) is 20.3 Å². The predicted octanol–water partition coefficient (Wildman–Crippen LogP) is -5.24. The van der Waals surface area contributed by atoms with E-state index in [1.807, 2.05) is 0 Å². The number of amides is 2. The second-order valence-corrected chi connectivity index (χ2v) is 11.1. The average Bonchev–Trinajstić information content (AvgIpc) is 2.93. The van der Waals surface area contributed by atoms with E-state index in [1.165, 1.54) is 0 Å². The second kappa shape index (κ2) is 17.2. The summed E-state index contributed by atoms with van der Waals surface area (Å²) in [6, 6.07) is -2.84. The largest absolute Gasteiger partial charge is 0.472 e. The van der Waals surface area contributed by atoms with Crippen LogP contribution in [0.3, 0.4) is 0 Å². The zero-order valence-corrected chi connectivity index (χ0v) is 24.0. The molecule has 0 spiro atoms. The summed E-state index contributed by atoms with van der Waals surface area (Å²) in [5.41, 5.74) is 5.32. The van der Waals surface area contributed by atoms with Gasteiger partial charge in [0.05, 0.1) is 33.0 Å². The van der Waals surface area contributed by atoms with Gasteiger partial charge in [0, 0.05) is 13.8 Å². The number of nitrogens with two attached hydrogens (primary N) is 1. The van der Waals surface area contributed by atoms with Gasteiger partial charge in [-0.1, -0.05) is 0 Å². The van der Waals surface area contributed by atoms with Crippen molar-refractivity contribution in [3.63, 3.8) is 0 Å². The first-order valence-electron chi connectivity index (χ1n) is 13.1. The van der Waals surface area contributed by atoms with E-state index in [0.29, 0.717) is 0 Å². The van der Waals surface area contributed by atoms with Gasteiger partial charge in [-0.15, -0.1) is 0 Å². The van der Waals surface area contributed by atoms with Crippen LogP contribution in [-0.2, 0) is 42.1 Å². The topological polar surface area (TPSA) is 298 Å². The predicted molar refractivity (Wildman–Crippen MR) is 137 cm³/mol. The summed E-state index contributed by atoms with van der Waals surface area (Å²) in [7, 11) is -4.56. The monoisotopic (exact) mass is 635 g/mol. The fraction of sp³-hybridized carbons (Fsp3) is 0.909. The van der Waals surface area contributed by atoms with Crippen molar-refractivity contribution in [2.24, 2.45) is 5.73 Å². The van der Waals surface area contributed by atoms with Crippen molar-refractivity contribution >= 4 is 19.6 Å². The van der Waals surface area contributed by atoms with Gasteiger partial charge in [0.2, 0.25) is 11.8 Å². The van der Waals surface area contributed by atoms with Crippen molar-refractivity contribution in [2.75, 3.05) is 39.6 Å². The van der Waals surface area contributed by atoms with Crippen molar-refractivity contribution in [3.05, 3.63) is 0 Å². The average molecular weight is 636 g/mol. The van der Waals surface area contributed by atoms with Gasteiger partial charge in [0.25, 0.3) is 0 Å². The van der Waals surface area contributed by atoms with E-state index in [4.69, 9.17) is 33.7 Å². The number of ether oxygens (including phenoxy) is 4. The lowest BCUT2D eigenvalue weighted by atomic mass is 9.94. The number of rotatable bonds is 16. The van der Waals surface area contributed by atoms with Crippen LogP contribution in [0.15, 0.2) is 0 Å². The van der Waals surface area contributed by atoms with Crippen molar-refractivity contribution in [1.82, 2.24) is 10.6 Å². The molecule has 2 saturated heterocycles. The molecule has 11 N–H and O–H groups in total. The number of hydrogen-bond donors (Lipinski definition) is 10. The molecule has 0 bridgehead atoms. The number of phosphoric acid groups is 1. The molecule has 0 aromatic rings. The molecule has 0 saturated carbocycles. The minimum atomic E-state index is -4.56. The summed E-state index contributed by atoms with van der Waals surface area (Å²) in [6.07, 6.45) is -13.7. The Balaban J connectivity index is 2.32. The molecule has 2 fully saturated rings. The highest BCUT2D eigenvalue weighted by atomic mass is 31.2. The molecular formula is C22H42N3O16P. The molecule has 0 aromatic heterocycles. The quantitative estimate of drug-likeness (QED) is 0.0559. The van der Waals surface area contributed by atoms with E-state index in [0.717, 1.165) is 13.8 Å². The van der Waals surface area contributed by atoms with Crippen LogP contribution >= 0.6 is 7.82 Å². The molecule has 2 amide bonds. The Morgan fingerprint density at radius 2 is 1.48 bits per heavy atom. The maximum atomic E-state index is 12.1. The molecule has 0 radical (unpaired) electrons. The van der Waals surface area contributed by atoms with Crippen molar-refractivity contribution in [1.29, 1.82) is 0 Å². The van der Waals surface area contributed by atoms with Crippen LogP contribution in [0.5, 0.6) is 0 Å². The Kier molecular flexibility index (Phi) is 15.1. The summed E-state index contributed by atoms with van der Waals surface area (Å²) in [6.45, 7) is -0.779. The van der Waals surface area contributed by atoms with Crippen LogP contribution in [-0.4, -0.2) is 154 Å². The SMILES string of the molecule is CC(=O)N[C@H]1[C@@H](O[C@H]2[C@@H](O)[C@@H](CO)O[C@@H](O[C@H](CO)COP(=O)(O)OCCCN)[C@@H]2NC(C)=O)O[C@H](CO)[C@H](O)[C@@H]1O. The van der Waals surface area contributed by atoms with Gasteiger partial charge in [-0.3, -0.25) is 18.6 Å². The number of carbonyl (C=O) groups excluding carboxylic acids is 2. The third-order valence-electron chi connectivity index (χ3n) is 6.32. The molecule has 246 valence electrons. The Hall–Kier alpha value is -1.39. The highest BCUT2D eigenvalue weighted by Gasteiger charge is 2.52. The highest BCUT2D eigenvalue weighted by Crippen LogP contribution is 2.43. The third kappa shape index (κ3) is 10.4. The van der Waals surface area contributed by atoms with Gasteiger partial charge in [-0.2, -0.15) is 0 Å². The molecule has 42 heavy (non-hydrogen) atoms. The zero-order chi connectivity index (χ0) is 31.6. The molecule has 12 atom stereocenters. The minimum Gasteiger partial charge on any atom is -0.394 e. The number of aliphatic hydroxyl groups is 6. The van der Waals surface area contributed by atoms with E-state index in [-0.39, 0.29) is 19.6 Å². The third-order valence-corrected chi connectivity index (χ3v) is 7.31. The fourth-order valence-corrected chi connectivity index (χ4v) is 5.07. The van der Waals surface area contributed by atoms with E-state index in [1.54, 1.807) is 0 Å². The van der Waals surface area contributed by atoms with Gasteiger partial charge in [-0.25, -0.2) is 4.57 Å². The number of hydrogen-bond acceptors (Lipinski definition) is 16. The van der Waals surface area contributed by atoms with Crippen LogP contribution in [0.2, 0.25) is 0 Å². The molecule has 1 unspecified atom stereocenters. The van der Waals surface area contributed by atoms with Gasteiger partial charge < -0.3 is 70.8 Å². The number of nitrogens with one attached hydrogen (secondary N) is 2. The van der Waals surface area contributed by atoms with E-state index >= 15 is 0 Å². The summed E-state index contributed by atoms with van der Waals surface area (Å²) in [4.78, 5) is 33.8. The smallest absolute Gasteiger partial charge is 0.394 e. The summed E-state index contributed by atoms with van der Waals surface area (Å²) in [5, 5.41) is 66.0. The molecule has 0 aliphatic carbocycles. The van der Waals surface area contributed by atoms with E-state index in [2.05, 4.69) is 10.6 Å². The Morgan fingerprint density at radius 3 is 2.02 bits per heavy atom. The maximum absolute atomic E-state index is 12.1. The Morgan fingerprint density at radius 1 is 0.905 bits per heavy atom. The lowest BCUT2D eigenvalue weighted by Crippen LogP contribution is -2.70.